The summed E-state index contributed by atoms with van der Waals surface area (Å²) in [5, 5.41) is 0. The van der Waals surface area contributed by atoms with Crippen LogP contribution in [0.2, 0.25) is 0 Å². The van der Waals surface area contributed by atoms with E-state index in [-0.39, 0.29) is 0 Å². The first-order valence-electron chi connectivity index (χ1n) is 2.28. The molecule has 0 aromatic rings. The Labute approximate surface area is 44.0 Å². The number of hydrogen-bond acceptors (Lipinski definition) is 1. The Balaban J connectivity index is 3.36. The minimum Gasteiger partial charge on any atom is -0.291 e. The SMILES string of the molecule is CC=C(C)C[C]=O. The van der Waals surface area contributed by atoms with Gasteiger partial charge >= 0.3 is 0 Å². The van der Waals surface area contributed by atoms with E-state index in [1.54, 1.807) is 6.29 Å². The van der Waals surface area contributed by atoms with Gasteiger partial charge in [0.15, 0.2) is 0 Å². The van der Waals surface area contributed by atoms with E-state index in [2.05, 4.69) is 0 Å². The van der Waals surface area contributed by atoms with Gasteiger partial charge in [-0.25, -0.2) is 0 Å². The smallest absolute Gasteiger partial charge is 0.202 e. The van der Waals surface area contributed by atoms with Gasteiger partial charge in [-0.05, 0) is 13.8 Å². The van der Waals surface area contributed by atoms with Crippen molar-refractivity contribution in [2.45, 2.75) is 20.3 Å². The first-order chi connectivity index (χ1) is 3.31. The lowest BCUT2D eigenvalue weighted by Gasteiger charge is -1.83. The molecule has 0 amide bonds. The molecule has 0 saturated carbocycles. The van der Waals surface area contributed by atoms with Gasteiger partial charge in [0.05, 0.1) is 0 Å². The molecule has 0 N–H and O–H groups in total. The average Bonchev–Trinajstić information content (AvgIpc) is 1.68. The highest BCUT2D eigenvalue weighted by Gasteiger charge is 1.81. The van der Waals surface area contributed by atoms with Crippen LogP contribution in [0.25, 0.3) is 0 Å². The second kappa shape index (κ2) is 3.59. The van der Waals surface area contributed by atoms with E-state index in [1.165, 1.54) is 0 Å². The Morgan fingerprint density at radius 3 is 2.57 bits per heavy atom. The average molecular weight is 97.1 g/mol. The molecule has 0 spiro atoms. The van der Waals surface area contributed by atoms with Gasteiger partial charge < -0.3 is 0 Å². The first kappa shape index (κ1) is 6.41. The summed E-state index contributed by atoms with van der Waals surface area (Å²) in [5.41, 5.74) is 1.08. The van der Waals surface area contributed by atoms with Crippen LogP contribution in [0.1, 0.15) is 20.3 Å². The van der Waals surface area contributed by atoms with Crippen LogP contribution in [-0.2, 0) is 4.79 Å². The molecular weight excluding hydrogens is 88.1 g/mol. The highest BCUT2D eigenvalue weighted by Crippen LogP contribution is 1.92. The van der Waals surface area contributed by atoms with E-state index < -0.39 is 0 Å². The van der Waals surface area contributed by atoms with E-state index in [0.29, 0.717) is 6.42 Å². The van der Waals surface area contributed by atoms with Gasteiger partial charge in [0.25, 0.3) is 0 Å². The molecule has 0 rings (SSSR count). The monoisotopic (exact) mass is 97.1 g/mol. The van der Waals surface area contributed by atoms with Crippen molar-refractivity contribution in [3.05, 3.63) is 11.6 Å². The molecule has 0 aliphatic heterocycles. The molecule has 0 heterocycles. The molecule has 0 aromatic heterocycles. The molecule has 1 heteroatoms. The molecule has 0 saturated heterocycles. The maximum atomic E-state index is 9.61. The second-order valence-corrected chi connectivity index (χ2v) is 1.46. The van der Waals surface area contributed by atoms with Crippen LogP contribution >= 0.6 is 0 Å². The third-order valence-corrected chi connectivity index (χ3v) is 0.844. The minimum absolute atomic E-state index is 0.455. The molecule has 0 bridgehead atoms. The number of rotatable bonds is 2. The lowest BCUT2D eigenvalue weighted by Crippen LogP contribution is -1.73. The molecule has 1 nitrogen and oxygen atoms in total. The van der Waals surface area contributed by atoms with Crippen molar-refractivity contribution in [2.75, 3.05) is 0 Å². The van der Waals surface area contributed by atoms with Crippen molar-refractivity contribution in [3.63, 3.8) is 0 Å². The van der Waals surface area contributed by atoms with Crippen LogP contribution in [0.3, 0.4) is 0 Å². The van der Waals surface area contributed by atoms with E-state index in [4.69, 9.17) is 0 Å². The van der Waals surface area contributed by atoms with Gasteiger partial charge in [-0.1, -0.05) is 11.6 Å². The van der Waals surface area contributed by atoms with Crippen molar-refractivity contribution < 1.29 is 4.79 Å². The summed E-state index contributed by atoms with van der Waals surface area (Å²) in [6, 6.07) is 0. The molecule has 0 aliphatic carbocycles. The Kier molecular flexibility index (Phi) is 3.29. The molecule has 0 aromatic carbocycles. The Morgan fingerprint density at radius 1 is 1.86 bits per heavy atom. The van der Waals surface area contributed by atoms with Crippen molar-refractivity contribution >= 4 is 6.29 Å². The van der Waals surface area contributed by atoms with Gasteiger partial charge in [0.2, 0.25) is 6.29 Å². The first-order valence-corrected chi connectivity index (χ1v) is 2.28. The highest BCUT2D eigenvalue weighted by atomic mass is 16.1. The van der Waals surface area contributed by atoms with Crippen LogP contribution in [0.15, 0.2) is 11.6 Å². The molecule has 0 aliphatic rings. The van der Waals surface area contributed by atoms with Crippen LogP contribution in [0.4, 0.5) is 0 Å². The van der Waals surface area contributed by atoms with Crippen molar-refractivity contribution in [2.24, 2.45) is 0 Å². The quantitative estimate of drug-likeness (QED) is 0.476. The fourth-order valence-corrected chi connectivity index (χ4v) is 0.216. The van der Waals surface area contributed by atoms with E-state index >= 15 is 0 Å². The molecule has 0 fully saturated rings. The summed E-state index contributed by atoms with van der Waals surface area (Å²) in [6.45, 7) is 3.82. The number of hydrogen-bond donors (Lipinski definition) is 0. The predicted molar refractivity (Wildman–Crippen MR) is 29.7 cm³/mol. The number of allylic oxidation sites excluding steroid dienone is 2. The normalized spacial score (nSPS) is 11.4. The molecule has 7 heavy (non-hydrogen) atoms. The lowest BCUT2D eigenvalue weighted by atomic mass is 10.2. The van der Waals surface area contributed by atoms with Gasteiger partial charge in [0, 0.05) is 6.42 Å². The van der Waals surface area contributed by atoms with E-state index in [1.807, 2.05) is 19.9 Å². The molecular formula is C6H9O. The zero-order chi connectivity index (χ0) is 5.70. The van der Waals surface area contributed by atoms with E-state index in [9.17, 15) is 4.79 Å². The van der Waals surface area contributed by atoms with E-state index in [0.717, 1.165) is 5.57 Å². The van der Waals surface area contributed by atoms with Gasteiger partial charge in [-0.3, -0.25) is 4.79 Å². The molecule has 0 unspecified atom stereocenters. The largest absolute Gasteiger partial charge is 0.291 e. The fraction of sp³-hybridized carbons (Fsp3) is 0.500. The summed E-state index contributed by atoms with van der Waals surface area (Å²) in [5.74, 6) is 0. The molecule has 1 radical (unpaired) electrons. The standard InChI is InChI=1S/C6H9O/c1-3-6(2)4-5-7/h3H,4H2,1-2H3. The maximum absolute atomic E-state index is 9.61. The van der Waals surface area contributed by atoms with Gasteiger partial charge in [0.1, 0.15) is 0 Å². The summed E-state index contributed by atoms with van der Waals surface area (Å²) in [4.78, 5) is 9.61. The number of carbonyl (C=O) groups excluding carboxylic acids is 1. The zero-order valence-corrected chi connectivity index (χ0v) is 4.69. The van der Waals surface area contributed by atoms with Crippen LogP contribution in [0, 0.1) is 0 Å². The Bertz CT molecular complexity index is 82.2. The Hall–Kier alpha value is -0.590. The second-order valence-electron chi connectivity index (χ2n) is 1.46. The fourth-order valence-electron chi connectivity index (χ4n) is 0.216. The zero-order valence-electron chi connectivity index (χ0n) is 4.69. The topological polar surface area (TPSA) is 17.1 Å². The molecule has 0 atom stereocenters. The summed E-state index contributed by atoms with van der Waals surface area (Å²) in [7, 11) is 0. The summed E-state index contributed by atoms with van der Waals surface area (Å²) < 4.78 is 0. The van der Waals surface area contributed by atoms with Gasteiger partial charge in [-0.2, -0.15) is 0 Å². The molecule has 39 valence electrons. The van der Waals surface area contributed by atoms with Crippen LogP contribution in [-0.4, -0.2) is 6.29 Å². The van der Waals surface area contributed by atoms with Crippen LogP contribution < -0.4 is 0 Å². The van der Waals surface area contributed by atoms with Gasteiger partial charge in [-0.15, -0.1) is 0 Å². The summed E-state index contributed by atoms with van der Waals surface area (Å²) in [6.07, 6.45) is 4.16. The predicted octanol–water partition coefficient (Wildman–Crippen LogP) is 1.45. The lowest BCUT2D eigenvalue weighted by molar-refractivity contribution is 0.555. The third kappa shape index (κ3) is 3.23. The Morgan fingerprint density at radius 2 is 2.43 bits per heavy atom. The summed E-state index contributed by atoms with van der Waals surface area (Å²) >= 11 is 0. The minimum atomic E-state index is 0.455. The highest BCUT2D eigenvalue weighted by molar-refractivity contribution is 5.54. The maximum Gasteiger partial charge on any atom is 0.202 e. The van der Waals surface area contributed by atoms with Crippen molar-refractivity contribution in [1.82, 2.24) is 0 Å². The van der Waals surface area contributed by atoms with Crippen LogP contribution in [0.5, 0.6) is 0 Å². The van der Waals surface area contributed by atoms with Crippen molar-refractivity contribution in [3.8, 4) is 0 Å². The van der Waals surface area contributed by atoms with Crippen molar-refractivity contribution in [1.29, 1.82) is 0 Å². The third-order valence-electron chi connectivity index (χ3n) is 0.844.